The molecule has 4 nitrogen and oxygen atoms in total. The van der Waals surface area contributed by atoms with Crippen LogP contribution >= 0.6 is 0 Å². The number of carbonyl (C=O) groups is 1. The Labute approximate surface area is 109 Å². The summed E-state index contributed by atoms with van der Waals surface area (Å²) in [4.78, 5) is 12.0. The average Bonchev–Trinajstić information content (AvgIpc) is 2.47. The molecule has 18 heavy (non-hydrogen) atoms. The quantitative estimate of drug-likeness (QED) is 0.740. The number of carbonyl (C=O) groups excluding carboxylic acids is 1. The van der Waals surface area contributed by atoms with Crippen LogP contribution in [-0.4, -0.2) is 30.3 Å². The Bertz CT molecular complexity index is 330. The highest BCUT2D eigenvalue weighted by Gasteiger charge is 2.51. The second-order valence-electron chi connectivity index (χ2n) is 6.39. The van der Waals surface area contributed by atoms with E-state index in [0.717, 1.165) is 25.9 Å². The van der Waals surface area contributed by atoms with Gasteiger partial charge in [-0.1, -0.05) is 6.08 Å². The normalized spacial score (nSPS) is 35.1. The first kappa shape index (κ1) is 13.4. The lowest BCUT2D eigenvalue weighted by molar-refractivity contribution is 0.0410. The van der Waals surface area contributed by atoms with Gasteiger partial charge in [-0.05, 0) is 45.4 Å². The predicted octanol–water partition coefficient (Wildman–Crippen LogP) is 2.07. The summed E-state index contributed by atoms with van der Waals surface area (Å²) in [7, 11) is 0. The zero-order chi connectivity index (χ0) is 13.4. The van der Waals surface area contributed by atoms with Gasteiger partial charge in [0.25, 0.3) is 0 Å². The van der Waals surface area contributed by atoms with Crippen LogP contribution in [0.15, 0.2) is 12.7 Å². The number of fused-ring (bicyclic) bond motifs is 2. The number of piperidine rings is 1. The molecule has 2 rings (SSSR count). The number of hydrogen-bond donors (Lipinski definition) is 2. The minimum Gasteiger partial charge on any atom is -0.444 e. The van der Waals surface area contributed by atoms with Gasteiger partial charge in [0.1, 0.15) is 5.60 Å². The Balaban J connectivity index is 2.10. The van der Waals surface area contributed by atoms with Crippen LogP contribution in [0.3, 0.4) is 0 Å². The zero-order valence-electron chi connectivity index (χ0n) is 11.6. The molecule has 0 aromatic rings. The third-order valence-electron chi connectivity index (χ3n) is 4.05. The van der Waals surface area contributed by atoms with E-state index < -0.39 is 5.60 Å². The maximum atomic E-state index is 12.0. The molecule has 0 radical (unpaired) electrons. The van der Waals surface area contributed by atoms with Gasteiger partial charge >= 0.3 is 6.09 Å². The standard InChI is InChI=1S/C14H24N2O2/c1-5-14(16-12(17)18-13(2,3)4)10-6-7-11(14)9-15-8-10/h5,10-11,15H,1,6-9H2,2-4H3,(H,16,17)/t10-,11+,14?. The molecule has 1 heterocycles. The zero-order valence-corrected chi connectivity index (χ0v) is 11.6. The van der Waals surface area contributed by atoms with E-state index in [2.05, 4.69) is 17.2 Å². The molecule has 1 amide bonds. The van der Waals surface area contributed by atoms with Crippen molar-refractivity contribution in [3.05, 3.63) is 12.7 Å². The molecule has 2 bridgehead atoms. The SMILES string of the molecule is C=CC1(NC(=O)OC(C)(C)C)[C@@H]2CC[C@H]1CNC2. The number of hydrogen-bond acceptors (Lipinski definition) is 3. The predicted molar refractivity (Wildman–Crippen MR) is 71.4 cm³/mol. The second-order valence-corrected chi connectivity index (χ2v) is 6.39. The van der Waals surface area contributed by atoms with Gasteiger partial charge in [0.2, 0.25) is 0 Å². The largest absolute Gasteiger partial charge is 0.444 e. The molecule has 1 aliphatic carbocycles. The fourth-order valence-corrected chi connectivity index (χ4v) is 3.26. The smallest absolute Gasteiger partial charge is 0.408 e. The molecule has 1 unspecified atom stereocenters. The van der Waals surface area contributed by atoms with Crippen LogP contribution in [0.4, 0.5) is 4.79 Å². The van der Waals surface area contributed by atoms with Crippen molar-refractivity contribution >= 4 is 6.09 Å². The molecule has 2 N–H and O–H groups in total. The summed E-state index contributed by atoms with van der Waals surface area (Å²) in [6.45, 7) is 11.5. The van der Waals surface area contributed by atoms with E-state index >= 15 is 0 Å². The first-order valence-corrected chi connectivity index (χ1v) is 6.73. The number of nitrogens with one attached hydrogen (secondary N) is 2. The molecule has 4 heteroatoms. The van der Waals surface area contributed by atoms with E-state index in [1.54, 1.807) is 0 Å². The highest BCUT2D eigenvalue weighted by atomic mass is 16.6. The van der Waals surface area contributed by atoms with Crippen molar-refractivity contribution in [1.29, 1.82) is 0 Å². The summed E-state index contributed by atoms with van der Waals surface area (Å²) >= 11 is 0. The van der Waals surface area contributed by atoms with E-state index in [-0.39, 0.29) is 11.6 Å². The highest BCUT2D eigenvalue weighted by Crippen LogP contribution is 2.43. The minimum atomic E-state index is -0.460. The van der Waals surface area contributed by atoms with Gasteiger partial charge in [-0.15, -0.1) is 6.58 Å². The molecule has 3 atom stereocenters. The van der Waals surface area contributed by atoms with Crippen molar-refractivity contribution in [2.24, 2.45) is 11.8 Å². The van der Waals surface area contributed by atoms with Crippen LogP contribution in [-0.2, 0) is 4.74 Å². The molecule has 1 saturated heterocycles. The molecule has 0 aromatic carbocycles. The molecule has 2 fully saturated rings. The first-order valence-electron chi connectivity index (χ1n) is 6.73. The van der Waals surface area contributed by atoms with Crippen LogP contribution in [0.1, 0.15) is 33.6 Å². The molecular formula is C14H24N2O2. The highest BCUT2D eigenvalue weighted by molar-refractivity contribution is 5.69. The lowest BCUT2D eigenvalue weighted by Crippen LogP contribution is -2.61. The van der Waals surface area contributed by atoms with Gasteiger partial charge in [0, 0.05) is 13.1 Å². The Morgan fingerprint density at radius 1 is 1.39 bits per heavy atom. The third-order valence-corrected chi connectivity index (χ3v) is 4.05. The summed E-state index contributed by atoms with van der Waals surface area (Å²) in [5.41, 5.74) is -0.744. The van der Waals surface area contributed by atoms with Gasteiger partial charge in [-0.25, -0.2) is 4.79 Å². The summed E-state index contributed by atoms with van der Waals surface area (Å²) < 4.78 is 5.37. The average molecular weight is 252 g/mol. The van der Waals surface area contributed by atoms with Crippen LogP contribution in [0, 0.1) is 11.8 Å². The summed E-state index contributed by atoms with van der Waals surface area (Å²) in [6, 6.07) is 0. The fourth-order valence-electron chi connectivity index (χ4n) is 3.26. The fraction of sp³-hybridized carbons (Fsp3) is 0.786. The van der Waals surface area contributed by atoms with Gasteiger partial charge in [0.05, 0.1) is 5.54 Å². The third kappa shape index (κ3) is 2.39. The molecule has 0 aromatic heterocycles. The van der Waals surface area contributed by atoms with Crippen molar-refractivity contribution in [2.75, 3.05) is 13.1 Å². The Kier molecular flexibility index (Phi) is 3.41. The van der Waals surface area contributed by atoms with Crippen LogP contribution in [0.25, 0.3) is 0 Å². The Hall–Kier alpha value is -1.03. The maximum absolute atomic E-state index is 12.0. The van der Waals surface area contributed by atoms with Crippen LogP contribution < -0.4 is 10.6 Å². The first-order chi connectivity index (χ1) is 8.37. The minimum absolute atomic E-state index is 0.284. The van der Waals surface area contributed by atoms with Crippen LogP contribution in [0.2, 0.25) is 0 Å². The van der Waals surface area contributed by atoms with E-state index in [1.807, 2.05) is 26.8 Å². The Morgan fingerprint density at radius 2 is 1.94 bits per heavy atom. The summed E-state index contributed by atoms with van der Waals surface area (Å²) in [5, 5.41) is 6.50. The Morgan fingerprint density at radius 3 is 2.39 bits per heavy atom. The molecule has 2 aliphatic rings. The molecule has 1 saturated carbocycles. The number of rotatable bonds is 2. The van der Waals surface area contributed by atoms with Gasteiger partial charge in [-0.2, -0.15) is 0 Å². The molecular weight excluding hydrogens is 228 g/mol. The van der Waals surface area contributed by atoms with Crippen molar-refractivity contribution in [3.8, 4) is 0 Å². The number of ether oxygens (including phenoxy) is 1. The van der Waals surface area contributed by atoms with Gasteiger partial charge in [-0.3, -0.25) is 0 Å². The van der Waals surface area contributed by atoms with E-state index in [4.69, 9.17) is 4.74 Å². The maximum Gasteiger partial charge on any atom is 0.408 e. The van der Waals surface area contributed by atoms with E-state index in [9.17, 15) is 4.79 Å². The molecule has 0 spiro atoms. The number of amides is 1. The van der Waals surface area contributed by atoms with E-state index in [0.29, 0.717) is 11.8 Å². The van der Waals surface area contributed by atoms with Crippen molar-refractivity contribution in [3.63, 3.8) is 0 Å². The lowest BCUT2D eigenvalue weighted by Gasteiger charge is -2.42. The van der Waals surface area contributed by atoms with Crippen molar-refractivity contribution in [1.82, 2.24) is 10.6 Å². The van der Waals surface area contributed by atoms with Gasteiger partial charge in [0.15, 0.2) is 0 Å². The van der Waals surface area contributed by atoms with Gasteiger partial charge < -0.3 is 15.4 Å². The monoisotopic (exact) mass is 252 g/mol. The summed E-state index contributed by atoms with van der Waals surface area (Å²) in [6.07, 6.45) is 3.86. The van der Waals surface area contributed by atoms with E-state index in [1.165, 1.54) is 0 Å². The molecule has 1 aliphatic heterocycles. The summed E-state index contributed by atoms with van der Waals surface area (Å²) in [5.74, 6) is 0.863. The lowest BCUT2D eigenvalue weighted by atomic mass is 9.78. The topological polar surface area (TPSA) is 50.4 Å². The van der Waals surface area contributed by atoms with Crippen molar-refractivity contribution < 1.29 is 9.53 Å². The van der Waals surface area contributed by atoms with Crippen LogP contribution in [0.5, 0.6) is 0 Å². The second kappa shape index (κ2) is 4.57. The van der Waals surface area contributed by atoms with Crippen molar-refractivity contribution in [2.45, 2.75) is 44.8 Å². The number of alkyl carbamates (subject to hydrolysis) is 1. The molecule has 102 valence electrons.